The van der Waals surface area contributed by atoms with Crippen molar-refractivity contribution in [3.63, 3.8) is 0 Å². The minimum Gasteiger partial charge on any atom is -0.467 e. The summed E-state index contributed by atoms with van der Waals surface area (Å²) in [5, 5.41) is 0. The third-order valence-corrected chi connectivity index (χ3v) is 7.25. The summed E-state index contributed by atoms with van der Waals surface area (Å²) in [5.41, 5.74) is 0.873. The largest absolute Gasteiger partial charge is 0.467 e. The fourth-order valence-electron chi connectivity index (χ4n) is 4.90. The predicted molar refractivity (Wildman–Crippen MR) is 107 cm³/mol. The lowest BCUT2D eigenvalue weighted by atomic mass is 9.84. The Kier molecular flexibility index (Phi) is 5.62. The average Bonchev–Trinajstić information content (AvgIpc) is 3.12. The number of nitrogens with zero attached hydrogens (tertiary/aromatic N) is 2. The van der Waals surface area contributed by atoms with Gasteiger partial charge in [-0.15, -0.1) is 11.8 Å². The van der Waals surface area contributed by atoms with Crippen molar-refractivity contribution in [2.45, 2.75) is 55.5 Å². The average molecular weight is 403 g/mol. The van der Waals surface area contributed by atoms with Crippen molar-refractivity contribution >= 4 is 35.2 Å². The molecule has 2 amide bonds. The minimum absolute atomic E-state index is 0.0259. The van der Waals surface area contributed by atoms with E-state index < -0.39 is 6.04 Å². The monoisotopic (exact) mass is 402 g/mol. The van der Waals surface area contributed by atoms with Gasteiger partial charge in [0, 0.05) is 23.9 Å². The summed E-state index contributed by atoms with van der Waals surface area (Å²) < 4.78 is 4.98. The second-order valence-corrected chi connectivity index (χ2v) is 8.76. The first-order valence-electron chi connectivity index (χ1n) is 10.0. The number of anilines is 1. The zero-order chi connectivity index (χ0) is 19.7. The highest BCUT2D eigenvalue weighted by molar-refractivity contribution is 8.00. The van der Waals surface area contributed by atoms with E-state index in [1.165, 1.54) is 18.9 Å². The molecule has 2 heterocycles. The number of hydrogen-bond acceptors (Lipinski definition) is 5. The summed E-state index contributed by atoms with van der Waals surface area (Å²) in [6, 6.07) is 7.44. The van der Waals surface area contributed by atoms with Gasteiger partial charge in [0.15, 0.2) is 0 Å². The Morgan fingerprint density at radius 1 is 1.21 bits per heavy atom. The van der Waals surface area contributed by atoms with E-state index in [4.69, 9.17) is 4.74 Å². The number of rotatable bonds is 4. The van der Waals surface area contributed by atoms with Crippen LogP contribution in [0.4, 0.5) is 5.69 Å². The molecule has 3 atom stereocenters. The van der Waals surface area contributed by atoms with Gasteiger partial charge in [0.2, 0.25) is 11.8 Å². The quantitative estimate of drug-likeness (QED) is 0.725. The molecule has 150 valence electrons. The van der Waals surface area contributed by atoms with Crippen LogP contribution in [0.25, 0.3) is 0 Å². The Morgan fingerprint density at radius 3 is 2.82 bits per heavy atom. The summed E-state index contributed by atoms with van der Waals surface area (Å²) >= 11 is 1.53. The zero-order valence-electron chi connectivity index (χ0n) is 16.1. The van der Waals surface area contributed by atoms with E-state index in [-0.39, 0.29) is 30.2 Å². The van der Waals surface area contributed by atoms with Crippen LogP contribution in [0.15, 0.2) is 29.2 Å². The number of ether oxygens (including phenoxy) is 1. The van der Waals surface area contributed by atoms with Crippen molar-refractivity contribution in [3.05, 3.63) is 24.3 Å². The van der Waals surface area contributed by atoms with Gasteiger partial charge >= 0.3 is 5.97 Å². The van der Waals surface area contributed by atoms with Crippen LogP contribution in [0.1, 0.15) is 38.5 Å². The van der Waals surface area contributed by atoms with Gasteiger partial charge < -0.3 is 14.5 Å². The molecular weight excluding hydrogens is 376 g/mol. The van der Waals surface area contributed by atoms with Crippen molar-refractivity contribution in [2.75, 3.05) is 24.3 Å². The Bertz CT molecular complexity index is 783. The number of thioether (sulfide) groups is 1. The van der Waals surface area contributed by atoms with Crippen LogP contribution in [-0.4, -0.2) is 54.2 Å². The van der Waals surface area contributed by atoms with Crippen LogP contribution in [-0.2, 0) is 19.1 Å². The van der Waals surface area contributed by atoms with E-state index in [1.807, 2.05) is 24.3 Å². The van der Waals surface area contributed by atoms with Crippen LogP contribution in [0.2, 0.25) is 0 Å². The van der Waals surface area contributed by atoms with Gasteiger partial charge in [-0.3, -0.25) is 9.59 Å². The normalized spacial score (nSPS) is 26.6. The number of methoxy groups -OCH3 is 1. The van der Waals surface area contributed by atoms with Gasteiger partial charge in [-0.2, -0.15) is 0 Å². The number of carbonyl (C=O) groups is 3. The van der Waals surface area contributed by atoms with E-state index >= 15 is 0 Å². The molecule has 7 heteroatoms. The smallest absolute Gasteiger partial charge is 0.328 e. The molecule has 1 aromatic carbocycles. The summed E-state index contributed by atoms with van der Waals surface area (Å²) in [4.78, 5) is 42.5. The standard InChI is InChI=1S/C21H26N2O4S/c1-27-21(26)17-12-14-6-2-3-7-15(14)23(17)19(24)10-11-22-16-8-4-5-9-18(16)28-13-20(22)25/h4-5,8-9,14-15,17H,2-3,6-7,10-13H2,1H3/t14-,15+,17-/m0/s1. The van der Waals surface area contributed by atoms with E-state index in [1.54, 1.807) is 9.80 Å². The second-order valence-electron chi connectivity index (χ2n) is 7.74. The van der Waals surface area contributed by atoms with Gasteiger partial charge in [0.05, 0.1) is 18.6 Å². The van der Waals surface area contributed by atoms with Gasteiger partial charge in [0.1, 0.15) is 6.04 Å². The fourth-order valence-corrected chi connectivity index (χ4v) is 5.84. The molecule has 0 unspecified atom stereocenters. The van der Waals surface area contributed by atoms with Crippen LogP contribution in [0.3, 0.4) is 0 Å². The van der Waals surface area contributed by atoms with Crippen molar-refractivity contribution in [1.29, 1.82) is 0 Å². The summed E-state index contributed by atoms with van der Waals surface area (Å²) in [6.07, 6.45) is 5.19. The Labute approximate surface area is 169 Å². The van der Waals surface area contributed by atoms with Crippen molar-refractivity contribution in [1.82, 2.24) is 4.90 Å². The van der Waals surface area contributed by atoms with Crippen LogP contribution in [0.5, 0.6) is 0 Å². The number of carbonyl (C=O) groups excluding carboxylic acids is 3. The lowest BCUT2D eigenvalue weighted by Crippen LogP contribution is -2.48. The lowest BCUT2D eigenvalue weighted by molar-refractivity contribution is -0.152. The van der Waals surface area contributed by atoms with E-state index in [0.29, 0.717) is 24.6 Å². The number of esters is 1. The highest BCUT2D eigenvalue weighted by atomic mass is 32.2. The highest BCUT2D eigenvalue weighted by Crippen LogP contribution is 2.41. The van der Waals surface area contributed by atoms with E-state index in [9.17, 15) is 14.4 Å². The van der Waals surface area contributed by atoms with Crippen molar-refractivity contribution < 1.29 is 19.1 Å². The summed E-state index contributed by atoms with van der Waals surface area (Å²) in [7, 11) is 1.38. The van der Waals surface area contributed by atoms with Gasteiger partial charge in [-0.05, 0) is 37.3 Å². The first-order valence-corrected chi connectivity index (χ1v) is 11.0. The number of hydrogen-bond donors (Lipinski definition) is 0. The molecule has 6 nitrogen and oxygen atoms in total. The maximum atomic E-state index is 13.2. The third kappa shape index (κ3) is 3.52. The van der Waals surface area contributed by atoms with Gasteiger partial charge in [-0.25, -0.2) is 4.79 Å². The molecule has 1 aromatic rings. The SMILES string of the molecule is COC(=O)[C@@H]1C[C@@H]2CCCC[C@H]2N1C(=O)CCN1C(=O)CSc2ccccc21. The van der Waals surface area contributed by atoms with Crippen LogP contribution >= 0.6 is 11.8 Å². The topological polar surface area (TPSA) is 66.9 Å². The Balaban J connectivity index is 1.49. The summed E-state index contributed by atoms with van der Waals surface area (Å²) in [5.74, 6) is 0.435. The van der Waals surface area contributed by atoms with E-state index in [0.717, 1.165) is 36.3 Å². The molecule has 1 aliphatic carbocycles. The number of fused-ring (bicyclic) bond motifs is 2. The number of para-hydroxylation sites is 1. The molecule has 0 spiro atoms. The maximum absolute atomic E-state index is 13.2. The van der Waals surface area contributed by atoms with Crippen LogP contribution < -0.4 is 4.90 Å². The zero-order valence-corrected chi connectivity index (χ0v) is 17.0. The molecule has 0 radical (unpaired) electrons. The first-order chi connectivity index (χ1) is 13.6. The summed E-state index contributed by atoms with van der Waals surface area (Å²) in [6.45, 7) is 0.344. The van der Waals surface area contributed by atoms with Crippen molar-refractivity contribution in [2.24, 2.45) is 5.92 Å². The number of likely N-dealkylation sites (tertiary alicyclic amines) is 1. The van der Waals surface area contributed by atoms with Gasteiger partial charge in [-0.1, -0.05) is 25.0 Å². The second kappa shape index (κ2) is 8.15. The molecule has 2 aliphatic heterocycles. The van der Waals surface area contributed by atoms with Crippen LogP contribution in [0, 0.1) is 5.92 Å². The molecule has 28 heavy (non-hydrogen) atoms. The molecule has 3 aliphatic rings. The fraction of sp³-hybridized carbons (Fsp3) is 0.571. The Hall–Kier alpha value is -2.02. The molecule has 0 bridgehead atoms. The molecule has 0 N–H and O–H groups in total. The molecule has 1 saturated carbocycles. The minimum atomic E-state index is -0.481. The number of benzene rings is 1. The molecule has 2 fully saturated rings. The van der Waals surface area contributed by atoms with Gasteiger partial charge in [0.25, 0.3) is 0 Å². The molecule has 0 aromatic heterocycles. The highest BCUT2D eigenvalue weighted by Gasteiger charge is 2.47. The Morgan fingerprint density at radius 2 is 2.00 bits per heavy atom. The third-order valence-electron chi connectivity index (χ3n) is 6.21. The predicted octanol–water partition coefficient (Wildman–Crippen LogP) is 2.85. The molecule has 4 rings (SSSR count). The first kappa shape index (κ1) is 19.3. The maximum Gasteiger partial charge on any atom is 0.328 e. The van der Waals surface area contributed by atoms with Crippen molar-refractivity contribution in [3.8, 4) is 0 Å². The molecular formula is C21H26N2O4S. The van der Waals surface area contributed by atoms with E-state index in [2.05, 4.69) is 0 Å². The lowest BCUT2D eigenvalue weighted by Gasteiger charge is -2.34. The number of amides is 2. The molecule has 1 saturated heterocycles.